The van der Waals surface area contributed by atoms with Crippen molar-refractivity contribution >= 4 is 11.7 Å². The van der Waals surface area contributed by atoms with Gasteiger partial charge in [0.1, 0.15) is 11.4 Å². The third-order valence-electron chi connectivity index (χ3n) is 3.78. The van der Waals surface area contributed by atoms with Crippen LogP contribution in [0.25, 0.3) is 0 Å². The standard InChI is InChI=1S/C13H22N4O2/c1-13(2,19-3)12(18)16-7-4-10(5-8-16)17-9-6-11(14)15-17/h6,9-10H,4-5,7-8H2,1-3H3,(H2,14,15). The quantitative estimate of drug-likeness (QED) is 0.887. The van der Waals surface area contributed by atoms with Gasteiger partial charge in [0.2, 0.25) is 0 Å². The minimum atomic E-state index is -0.747. The second kappa shape index (κ2) is 5.21. The van der Waals surface area contributed by atoms with E-state index in [4.69, 9.17) is 10.5 Å². The number of anilines is 1. The van der Waals surface area contributed by atoms with Gasteiger partial charge in [0.25, 0.3) is 5.91 Å². The normalized spacial score (nSPS) is 17.7. The highest BCUT2D eigenvalue weighted by Crippen LogP contribution is 2.24. The molecule has 1 aromatic rings. The van der Waals surface area contributed by atoms with Crippen LogP contribution >= 0.6 is 0 Å². The molecule has 1 aliphatic rings. The van der Waals surface area contributed by atoms with Crippen LogP contribution in [0, 0.1) is 0 Å². The molecule has 0 radical (unpaired) electrons. The van der Waals surface area contributed by atoms with Gasteiger partial charge in [0, 0.05) is 26.4 Å². The topological polar surface area (TPSA) is 73.4 Å². The van der Waals surface area contributed by atoms with E-state index in [9.17, 15) is 4.79 Å². The fourth-order valence-electron chi connectivity index (χ4n) is 2.36. The lowest BCUT2D eigenvalue weighted by Crippen LogP contribution is -2.49. The van der Waals surface area contributed by atoms with Gasteiger partial charge >= 0.3 is 0 Å². The third kappa shape index (κ3) is 2.89. The first-order chi connectivity index (χ1) is 8.94. The van der Waals surface area contributed by atoms with Crippen molar-refractivity contribution in [1.29, 1.82) is 0 Å². The summed E-state index contributed by atoms with van der Waals surface area (Å²) in [5.41, 5.74) is 4.88. The fraction of sp³-hybridized carbons (Fsp3) is 0.692. The van der Waals surface area contributed by atoms with Crippen LogP contribution in [0.4, 0.5) is 5.82 Å². The average molecular weight is 266 g/mol. The summed E-state index contributed by atoms with van der Waals surface area (Å²) in [5.74, 6) is 0.590. The van der Waals surface area contributed by atoms with E-state index in [-0.39, 0.29) is 5.91 Å². The van der Waals surface area contributed by atoms with Crippen molar-refractivity contribution in [2.24, 2.45) is 0 Å². The molecule has 106 valence electrons. The van der Waals surface area contributed by atoms with E-state index in [2.05, 4.69) is 5.10 Å². The van der Waals surface area contributed by atoms with Crippen LogP contribution in [0.2, 0.25) is 0 Å². The van der Waals surface area contributed by atoms with E-state index < -0.39 is 5.60 Å². The second-order valence-electron chi connectivity index (χ2n) is 5.46. The van der Waals surface area contributed by atoms with Crippen molar-refractivity contribution in [3.8, 4) is 0 Å². The molecule has 0 atom stereocenters. The van der Waals surface area contributed by atoms with Crippen LogP contribution in [0.15, 0.2) is 12.3 Å². The van der Waals surface area contributed by atoms with Crippen LogP contribution in [0.1, 0.15) is 32.7 Å². The Bertz CT molecular complexity index is 447. The van der Waals surface area contributed by atoms with E-state index in [1.807, 2.05) is 15.8 Å². The van der Waals surface area contributed by atoms with Gasteiger partial charge in [-0.05, 0) is 32.8 Å². The third-order valence-corrected chi connectivity index (χ3v) is 3.78. The molecular formula is C13H22N4O2. The molecule has 1 fully saturated rings. The predicted octanol–water partition coefficient (Wildman–Crippen LogP) is 1.05. The molecule has 6 heteroatoms. The van der Waals surface area contributed by atoms with Crippen LogP contribution in [-0.2, 0) is 9.53 Å². The van der Waals surface area contributed by atoms with Gasteiger partial charge in [-0.1, -0.05) is 0 Å². The minimum Gasteiger partial charge on any atom is -0.382 e. The zero-order valence-electron chi connectivity index (χ0n) is 11.8. The molecule has 2 heterocycles. The maximum Gasteiger partial charge on any atom is 0.254 e. The van der Waals surface area contributed by atoms with Crippen molar-refractivity contribution in [3.63, 3.8) is 0 Å². The Morgan fingerprint density at radius 3 is 2.58 bits per heavy atom. The summed E-state index contributed by atoms with van der Waals surface area (Å²) in [6.45, 7) is 5.07. The largest absolute Gasteiger partial charge is 0.382 e. The molecule has 2 rings (SSSR count). The molecule has 0 spiro atoms. The Kier molecular flexibility index (Phi) is 3.80. The van der Waals surface area contributed by atoms with Crippen LogP contribution < -0.4 is 5.73 Å². The molecule has 2 N–H and O–H groups in total. The maximum absolute atomic E-state index is 12.3. The van der Waals surface area contributed by atoms with Crippen molar-refractivity contribution < 1.29 is 9.53 Å². The number of methoxy groups -OCH3 is 1. The molecule has 0 aromatic carbocycles. The second-order valence-corrected chi connectivity index (χ2v) is 5.46. The van der Waals surface area contributed by atoms with Crippen LogP contribution in [-0.4, -0.2) is 46.4 Å². The number of rotatable bonds is 3. The summed E-state index contributed by atoms with van der Waals surface area (Å²) in [4.78, 5) is 14.1. The van der Waals surface area contributed by atoms with Crippen molar-refractivity contribution in [1.82, 2.24) is 14.7 Å². The fourth-order valence-corrected chi connectivity index (χ4v) is 2.36. The molecule has 19 heavy (non-hydrogen) atoms. The Balaban J connectivity index is 1.94. The van der Waals surface area contributed by atoms with E-state index in [0.29, 0.717) is 11.9 Å². The SMILES string of the molecule is COC(C)(C)C(=O)N1CCC(n2ccc(N)n2)CC1. The number of ether oxygens (including phenoxy) is 1. The lowest BCUT2D eigenvalue weighted by Gasteiger charge is -2.36. The number of hydrogen-bond donors (Lipinski definition) is 1. The van der Waals surface area contributed by atoms with E-state index in [0.717, 1.165) is 25.9 Å². The predicted molar refractivity (Wildman–Crippen MR) is 72.6 cm³/mol. The van der Waals surface area contributed by atoms with E-state index in [1.54, 1.807) is 27.0 Å². The highest BCUT2D eigenvalue weighted by atomic mass is 16.5. The van der Waals surface area contributed by atoms with E-state index in [1.165, 1.54) is 0 Å². The Labute approximate surface area is 113 Å². The summed E-state index contributed by atoms with van der Waals surface area (Å²) < 4.78 is 7.14. The number of hydrogen-bond acceptors (Lipinski definition) is 4. The molecule has 6 nitrogen and oxygen atoms in total. The summed E-state index contributed by atoms with van der Waals surface area (Å²) in [7, 11) is 1.57. The Hall–Kier alpha value is -1.56. The van der Waals surface area contributed by atoms with Crippen molar-refractivity contribution in [2.45, 2.75) is 38.3 Å². The number of carbonyl (C=O) groups is 1. The number of aromatic nitrogens is 2. The first kappa shape index (κ1) is 13.9. The smallest absolute Gasteiger partial charge is 0.254 e. The molecule has 0 unspecified atom stereocenters. The number of nitrogens with zero attached hydrogens (tertiary/aromatic N) is 3. The lowest BCUT2D eigenvalue weighted by atomic mass is 10.0. The summed E-state index contributed by atoms with van der Waals surface area (Å²) >= 11 is 0. The first-order valence-electron chi connectivity index (χ1n) is 6.59. The van der Waals surface area contributed by atoms with Gasteiger partial charge in [-0.3, -0.25) is 9.48 Å². The number of nitrogen functional groups attached to an aromatic ring is 1. The molecule has 1 saturated heterocycles. The molecular weight excluding hydrogens is 244 g/mol. The number of nitrogens with two attached hydrogens (primary N) is 1. The van der Waals surface area contributed by atoms with Crippen LogP contribution in [0.3, 0.4) is 0 Å². The van der Waals surface area contributed by atoms with Crippen molar-refractivity contribution in [2.75, 3.05) is 25.9 Å². The highest BCUT2D eigenvalue weighted by molar-refractivity contribution is 5.84. The number of piperidine rings is 1. The lowest BCUT2D eigenvalue weighted by molar-refractivity contribution is -0.152. The van der Waals surface area contributed by atoms with Gasteiger partial charge in [-0.25, -0.2) is 0 Å². The average Bonchev–Trinajstić information content (AvgIpc) is 2.85. The van der Waals surface area contributed by atoms with Gasteiger partial charge in [-0.2, -0.15) is 5.10 Å². The number of likely N-dealkylation sites (tertiary alicyclic amines) is 1. The first-order valence-corrected chi connectivity index (χ1v) is 6.59. The molecule has 0 aliphatic carbocycles. The number of amides is 1. The van der Waals surface area contributed by atoms with E-state index >= 15 is 0 Å². The molecule has 0 bridgehead atoms. The zero-order valence-corrected chi connectivity index (χ0v) is 11.8. The summed E-state index contributed by atoms with van der Waals surface area (Å²) in [5, 5.41) is 4.24. The Morgan fingerprint density at radius 2 is 2.11 bits per heavy atom. The van der Waals surface area contributed by atoms with Gasteiger partial charge in [0.05, 0.1) is 6.04 Å². The highest BCUT2D eigenvalue weighted by Gasteiger charge is 2.34. The summed E-state index contributed by atoms with van der Waals surface area (Å²) in [6, 6.07) is 2.12. The zero-order chi connectivity index (χ0) is 14.0. The number of carbonyl (C=O) groups excluding carboxylic acids is 1. The maximum atomic E-state index is 12.3. The van der Waals surface area contributed by atoms with Gasteiger partial charge in [0.15, 0.2) is 0 Å². The van der Waals surface area contributed by atoms with Gasteiger partial charge in [-0.15, -0.1) is 0 Å². The van der Waals surface area contributed by atoms with Gasteiger partial charge < -0.3 is 15.4 Å². The Morgan fingerprint density at radius 1 is 1.47 bits per heavy atom. The molecule has 1 amide bonds. The monoisotopic (exact) mass is 266 g/mol. The minimum absolute atomic E-state index is 0.0495. The molecule has 1 aromatic heterocycles. The molecule has 1 aliphatic heterocycles. The van der Waals surface area contributed by atoms with Crippen LogP contribution in [0.5, 0.6) is 0 Å². The van der Waals surface area contributed by atoms with Crippen molar-refractivity contribution in [3.05, 3.63) is 12.3 Å². The molecule has 0 saturated carbocycles. The summed E-state index contributed by atoms with van der Waals surface area (Å²) in [6.07, 6.45) is 3.69.